The quantitative estimate of drug-likeness (QED) is 0.594. The van der Waals surface area contributed by atoms with E-state index in [2.05, 4.69) is 20.8 Å². The Morgan fingerprint density at radius 3 is 2.17 bits per heavy atom. The van der Waals surface area contributed by atoms with Gasteiger partial charge in [0.25, 0.3) is 0 Å². The minimum atomic E-state index is -0.757. The topological polar surface area (TPSA) is 29.5 Å². The molecule has 3 heterocycles. The molecule has 2 nitrogen and oxygen atoms in total. The van der Waals surface area contributed by atoms with Gasteiger partial charge < -0.3 is 9.84 Å². The molecule has 4 atom stereocenters. The fourth-order valence-corrected chi connectivity index (χ4v) is 4.01. The summed E-state index contributed by atoms with van der Waals surface area (Å²) in [5.41, 5.74) is 0.299. The SMILES string of the molecule is CC12CC(O)(O1)C1CC2C1(C)C. The van der Waals surface area contributed by atoms with Crippen LogP contribution in [0.15, 0.2) is 0 Å². The van der Waals surface area contributed by atoms with Gasteiger partial charge in [0.15, 0.2) is 5.79 Å². The van der Waals surface area contributed by atoms with Crippen LogP contribution in [0.25, 0.3) is 0 Å². The van der Waals surface area contributed by atoms with Crippen molar-refractivity contribution in [3.05, 3.63) is 0 Å². The molecule has 6 rings (SSSR count). The standard InChI is InChI=1S/C10H16O2/c1-8(2)6-4-7(8)10(11)5-9(6,3)12-10/h6-7,11H,4-5H2,1-3H3. The van der Waals surface area contributed by atoms with Crippen LogP contribution in [0.1, 0.15) is 33.6 Å². The molecule has 3 aliphatic carbocycles. The first-order valence-electron chi connectivity index (χ1n) is 4.81. The molecule has 1 N–H and O–H groups in total. The van der Waals surface area contributed by atoms with Crippen molar-refractivity contribution in [2.75, 3.05) is 0 Å². The van der Waals surface area contributed by atoms with E-state index in [1.807, 2.05) is 0 Å². The third-order valence-corrected chi connectivity index (χ3v) is 4.56. The fourth-order valence-electron chi connectivity index (χ4n) is 4.01. The summed E-state index contributed by atoms with van der Waals surface area (Å²) in [4.78, 5) is 0. The molecule has 0 aromatic heterocycles. The Kier molecular flexibility index (Phi) is 0.906. The van der Waals surface area contributed by atoms with Crippen molar-refractivity contribution in [2.45, 2.75) is 45.0 Å². The third kappa shape index (κ3) is 0.495. The third-order valence-electron chi connectivity index (χ3n) is 4.56. The minimum absolute atomic E-state index is 0.00694. The van der Waals surface area contributed by atoms with Gasteiger partial charge >= 0.3 is 0 Å². The summed E-state index contributed by atoms with van der Waals surface area (Å²) < 4.78 is 5.60. The lowest BCUT2D eigenvalue weighted by Gasteiger charge is -2.76. The van der Waals surface area contributed by atoms with E-state index >= 15 is 0 Å². The zero-order chi connectivity index (χ0) is 8.78. The molecule has 4 bridgehead atoms. The van der Waals surface area contributed by atoms with E-state index in [4.69, 9.17) is 4.74 Å². The van der Waals surface area contributed by atoms with Gasteiger partial charge in [-0.15, -0.1) is 0 Å². The highest BCUT2D eigenvalue weighted by Crippen LogP contribution is 2.73. The van der Waals surface area contributed by atoms with E-state index in [-0.39, 0.29) is 5.60 Å². The molecule has 0 aromatic carbocycles. The molecule has 3 aliphatic heterocycles. The Balaban J connectivity index is 2.04. The molecule has 68 valence electrons. The Bertz CT molecular complexity index is 219. The van der Waals surface area contributed by atoms with Crippen LogP contribution in [-0.2, 0) is 4.74 Å². The maximum atomic E-state index is 10.0. The van der Waals surface area contributed by atoms with Crippen molar-refractivity contribution in [3.63, 3.8) is 0 Å². The highest BCUT2D eigenvalue weighted by atomic mass is 16.7. The summed E-state index contributed by atoms with van der Waals surface area (Å²) in [5, 5.41) is 10.0. The van der Waals surface area contributed by atoms with E-state index < -0.39 is 5.79 Å². The fraction of sp³-hybridized carbons (Fsp3) is 1.00. The Hall–Kier alpha value is -0.0800. The number of rotatable bonds is 0. The number of hydrogen-bond acceptors (Lipinski definition) is 2. The van der Waals surface area contributed by atoms with Gasteiger partial charge in [-0.1, -0.05) is 13.8 Å². The molecule has 0 spiro atoms. The van der Waals surface area contributed by atoms with E-state index in [0.717, 1.165) is 6.42 Å². The molecule has 3 saturated heterocycles. The molecule has 0 radical (unpaired) electrons. The maximum absolute atomic E-state index is 10.0. The van der Waals surface area contributed by atoms with Gasteiger partial charge in [-0.2, -0.15) is 0 Å². The molecule has 0 aromatic rings. The largest absolute Gasteiger partial charge is 0.365 e. The van der Waals surface area contributed by atoms with Crippen LogP contribution in [0.2, 0.25) is 0 Å². The molecule has 4 unspecified atom stereocenters. The van der Waals surface area contributed by atoms with Crippen molar-refractivity contribution < 1.29 is 9.84 Å². The van der Waals surface area contributed by atoms with Crippen LogP contribution >= 0.6 is 0 Å². The van der Waals surface area contributed by atoms with E-state index in [1.165, 1.54) is 6.42 Å². The average Bonchev–Trinajstić information content (AvgIpc) is 1.80. The van der Waals surface area contributed by atoms with Crippen LogP contribution in [0.4, 0.5) is 0 Å². The van der Waals surface area contributed by atoms with E-state index in [1.54, 1.807) is 0 Å². The zero-order valence-corrected chi connectivity index (χ0v) is 7.92. The Labute approximate surface area is 72.9 Å². The molecule has 3 saturated carbocycles. The van der Waals surface area contributed by atoms with Gasteiger partial charge in [-0.3, -0.25) is 0 Å². The summed E-state index contributed by atoms with van der Waals surface area (Å²) in [6.45, 7) is 6.66. The molecule has 6 fully saturated rings. The van der Waals surface area contributed by atoms with Crippen molar-refractivity contribution in [1.29, 1.82) is 0 Å². The van der Waals surface area contributed by atoms with Gasteiger partial charge in [0.1, 0.15) is 0 Å². The van der Waals surface area contributed by atoms with Crippen LogP contribution in [0.3, 0.4) is 0 Å². The van der Waals surface area contributed by atoms with Crippen LogP contribution < -0.4 is 0 Å². The summed E-state index contributed by atoms with van der Waals surface area (Å²) in [6.07, 6.45) is 2.03. The first-order chi connectivity index (χ1) is 5.39. The summed E-state index contributed by atoms with van der Waals surface area (Å²) >= 11 is 0. The first-order valence-corrected chi connectivity index (χ1v) is 4.81. The molecular weight excluding hydrogens is 152 g/mol. The lowest BCUT2D eigenvalue weighted by Crippen LogP contribution is -2.81. The normalized spacial score (nSPS) is 65.0. The highest BCUT2D eigenvalue weighted by molar-refractivity contribution is 5.21. The van der Waals surface area contributed by atoms with Crippen LogP contribution in [-0.4, -0.2) is 16.5 Å². The summed E-state index contributed by atoms with van der Waals surface area (Å²) in [5.74, 6) is 0.299. The van der Waals surface area contributed by atoms with Crippen molar-refractivity contribution in [1.82, 2.24) is 0 Å². The Morgan fingerprint density at radius 2 is 1.83 bits per heavy atom. The summed E-state index contributed by atoms with van der Waals surface area (Å²) in [7, 11) is 0. The molecule has 12 heavy (non-hydrogen) atoms. The number of aliphatic hydroxyl groups is 1. The predicted octanol–water partition coefficient (Wildman–Crippen LogP) is 1.53. The lowest BCUT2D eigenvalue weighted by atomic mass is 9.39. The average molecular weight is 168 g/mol. The second-order valence-corrected chi connectivity index (χ2v) is 5.60. The Morgan fingerprint density at radius 1 is 1.25 bits per heavy atom. The van der Waals surface area contributed by atoms with Crippen LogP contribution in [0, 0.1) is 17.3 Å². The van der Waals surface area contributed by atoms with Gasteiger partial charge in [0, 0.05) is 12.3 Å². The van der Waals surface area contributed by atoms with Gasteiger partial charge in [-0.25, -0.2) is 0 Å². The first kappa shape index (κ1) is 7.34. The predicted molar refractivity (Wildman–Crippen MR) is 44.4 cm³/mol. The number of ether oxygens (including phenoxy) is 1. The van der Waals surface area contributed by atoms with Crippen molar-refractivity contribution in [3.8, 4) is 0 Å². The second kappa shape index (κ2) is 1.48. The summed E-state index contributed by atoms with van der Waals surface area (Å²) in [6, 6.07) is 0. The molecule has 0 amide bonds. The monoisotopic (exact) mass is 168 g/mol. The molecule has 6 aliphatic rings. The highest BCUT2D eigenvalue weighted by Gasteiger charge is 2.77. The van der Waals surface area contributed by atoms with E-state index in [9.17, 15) is 5.11 Å². The van der Waals surface area contributed by atoms with Gasteiger partial charge in [0.2, 0.25) is 0 Å². The van der Waals surface area contributed by atoms with Crippen molar-refractivity contribution >= 4 is 0 Å². The van der Waals surface area contributed by atoms with Gasteiger partial charge in [0.05, 0.1) is 5.60 Å². The smallest absolute Gasteiger partial charge is 0.172 e. The van der Waals surface area contributed by atoms with Crippen LogP contribution in [0.5, 0.6) is 0 Å². The van der Waals surface area contributed by atoms with Crippen molar-refractivity contribution in [2.24, 2.45) is 17.3 Å². The van der Waals surface area contributed by atoms with E-state index in [0.29, 0.717) is 17.3 Å². The molecular formula is C10H16O2. The second-order valence-electron chi connectivity index (χ2n) is 5.60. The van der Waals surface area contributed by atoms with Gasteiger partial charge in [-0.05, 0) is 24.7 Å². The zero-order valence-electron chi connectivity index (χ0n) is 7.92. The maximum Gasteiger partial charge on any atom is 0.172 e. The molecule has 2 heteroatoms. The lowest BCUT2D eigenvalue weighted by molar-refractivity contribution is -0.493. The minimum Gasteiger partial charge on any atom is -0.365 e. The number of hydrogen-bond donors (Lipinski definition) is 1.